The zero-order chi connectivity index (χ0) is 12.4. The Kier molecular flexibility index (Phi) is 3.49. The van der Waals surface area contributed by atoms with Crippen molar-refractivity contribution < 1.29 is 8.78 Å². The molecule has 0 atom stereocenters. The van der Waals surface area contributed by atoms with E-state index in [9.17, 15) is 8.78 Å². The van der Waals surface area contributed by atoms with Crippen LogP contribution in [-0.2, 0) is 6.42 Å². The molecule has 1 heterocycles. The van der Waals surface area contributed by atoms with E-state index in [4.69, 9.17) is 5.73 Å². The molecule has 1 aromatic carbocycles. The average molecular weight is 254 g/mol. The highest BCUT2D eigenvalue weighted by Crippen LogP contribution is 2.26. The molecule has 0 saturated carbocycles. The quantitative estimate of drug-likeness (QED) is 0.914. The Morgan fingerprint density at radius 1 is 1.29 bits per heavy atom. The average Bonchev–Trinajstić information content (AvgIpc) is 2.72. The molecule has 2 N–H and O–H groups in total. The number of hydrogen-bond donors (Lipinski definition) is 1. The van der Waals surface area contributed by atoms with Crippen molar-refractivity contribution in [3.63, 3.8) is 0 Å². The van der Waals surface area contributed by atoms with E-state index in [0.29, 0.717) is 24.2 Å². The van der Waals surface area contributed by atoms with Crippen LogP contribution >= 0.6 is 11.3 Å². The summed E-state index contributed by atoms with van der Waals surface area (Å²) in [6.07, 6.45) is 0.653. The summed E-state index contributed by atoms with van der Waals surface area (Å²) in [5.41, 5.74) is 6.38. The number of hydrogen-bond acceptors (Lipinski definition) is 3. The number of halogens is 2. The van der Waals surface area contributed by atoms with Gasteiger partial charge in [-0.2, -0.15) is 0 Å². The molecule has 0 radical (unpaired) electrons. The molecule has 0 aliphatic carbocycles. The van der Waals surface area contributed by atoms with Gasteiger partial charge in [-0.3, -0.25) is 0 Å². The van der Waals surface area contributed by atoms with Gasteiger partial charge in [-0.15, -0.1) is 11.3 Å². The van der Waals surface area contributed by atoms with Gasteiger partial charge in [-0.1, -0.05) is 0 Å². The molecule has 0 fully saturated rings. The maximum Gasteiger partial charge on any atom is 0.133 e. The lowest BCUT2D eigenvalue weighted by atomic mass is 10.1. The van der Waals surface area contributed by atoms with Gasteiger partial charge >= 0.3 is 0 Å². The van der Waals surface area contributed by atoms with E-state index < -0.39 is 11.6 Å². The first kappa shape index (κ1) is 12.1. The Morgan fingerprint density at radius 3 is 2.76 bits per heavy atom. The van der Waals surface area contributed by atoms with E-state index in [-0.39, 0.29) is 5.56 Å². The molecule has 2 nitrogen and oxygen atoms in total. The van der Waals surface area contributed by atoms with Crippen molar-refractivity contribution in [3.05, 3.63) is 39.7 Å². The van der Waals surface area contributed by atoms with Gasteiger partial charge in [0.15, 0.2) is 0 Å². The van der Waals surface area contributed by atoms with Crippen LogP contribution in [0.2, 0.25) is 0 Å². The van der Waals surface area contributed by atoms with E-state index in [1.54, 1.807) is 5.38 Å². The third kappa shape index (κ3) is 2.50. The molecular weight excluding hydrogens is 242 g/mol. The number of nitrogens with two attached hydrogens (primary N) is 1. The van der Waals surface area contributed by atoms with Gasteiger partial charge in [0, 0.05) is 17.4 Å². The molecule has 2 aromatic rings. The van der Waals surface area contributed by atoms with E-state index in [2.05, 4.69) is 4.98 Å². The third-order valence-corrected chi connectivity index (χ3v) is 3.34. The fourth-order valence-electron chi connectivity index (χ4n) is 1.52. The molecule has 0 saturated heterocycles. The summed E-state index contributed by atoms with van der Waals surface area (Å²) in [4.78, 5) is 4.23. The first-order valence-electron chi connectivity index (χ1n) is 5.22. The summed E-state index contributed by atoms with van der Waals surface area (Å²) < 4.78 is 27.1. The van der Waals surface area contributed by atoms with E-state index in [1.807, 2.05) is 0 Å². The third-order valence-electron chi connectivity index (χ3n) is 2.43. The molecule has 0 aliphatic rings. The summed E-state index contributed by atoms with van der Waals surface area (Å²) in [6.45, 7) is 2.03. The summed E-state index contributed by atoms with van der Waals surface area (Å²) >= 11 is 1.41. The molecular formula is C12H12F2N2S. The van der Waals surface area contributed by atoms with Crippen molar-refractivity contribution in [2.75, 3.05) is 6.54 Å². The molecule has 1 aromatic heterocycles. The highest BCUT2D eigenvalue weighted by molar-refractivity contribution is 7.09. The Bertz CT molecular complexity index is 537. The number of benzene rings is 1. The van der Waals surface area contributed by atoms with Gasteiger partial charge < -0.3 is 5.73 Å². The smallest absolute Gasteiger partial charge is 0.133 e. The lowest BCUT2D eigenvalue weighted by molar-refractivity contribution is 0.595. The molecule has 2 rings (SSSR count). The van der Waals surface area contributed by atoms with Crippen molar-refractivity contribution in [2.45, 2.75) is 13.3 Å². The number of rotatable bonds is 3. The van der Waals surface area contributed by atoms with Crippen LogP contribution in [0.25, 0.3) is 11.3 Å². The number of thiazole rings is 1. The van der Waals surface area contributed by atoms with Crippen LogP contribution in [0.1, 0.15) is 10.6 Å². The zero-order valence-electron chi connectivity index (χ0n) is 9.34. The Morgan fingerprint density at radius 2 is 2.06 bits per heavy atom. The van der Waals surface area contributed by atoms with Crippen LogP contribution in [0.15, 0.2) is 17.5 Å². The summed E-state index contributed by atoms with van der Waals surface area (Å²) in [7, 11) is 0. The number of nitrogens with zero attached hydrogens (tertiary/aromatic N) is 1. The molecule has 0 aliphatic heterocycles. The van der Waals surface area contributed by atoms with Crippen LogP contribution in [0.3, 0.4) is 0 Å². The predicted octanol–water partition coefficient (Wildman–Crippen LogP) is 2.90. The minimum Gasteiger partial charge on any atom is -0.330 e. The Hall–Kier alpha value is -1.33. The van der Waals surface area contributed by atoms with Gasteiger partial charge in [0.05, 0.1) is 10.7 Å². The van der Waals surface area contributed by atoms with Crippen molar-refractivity contribution >= 4 is 11.3 Å². The summed E-state index contributed by atoms with van der Waals surface area (Å²) in [5.74, 6) is -0.872. The molecule has 5 heteroatoms. The Labute approximate surface area is 102 Å². The summed E-state index contributed by atoms with van der Waals surface area (Å²) in [5, 5.41) is 2.56. The second-order valence-corrected chi connectivity index (χ2v) is 4.69. The lowest BCUT2D eigenvalue weighted by Crippen LogP contribution is -2.02. The first-order valence-corrected chi connectivity index (χ1v) is 6.10. The fourth-order valence-corrected chi connectivity index (χ4v) is 2.33. The molecule has 0 amide bonds. The standard InChI is InChI=1S/C12H12F2N2S/c1-7-4-10(14)8(5-9(7)13)11-6-17-12(16-11)2-3-15/h4-6H,2-3,15H2,1H3. The molecule has 17 heavy (non-hydrogen) atoms. The van der Waals surface area contributed by atoms with Crippen LogP contribution in [0.5, 0.6) is 0 Å². The minimum atomic E-state index is -0.450. The SMILES string of the molecule is Cc1cc(F)c(-c2csc(CCN)n2)cc1F. The van der Waals surface area contributed by atoms with Crippen molar-refractivity contribution in [1.82, 2.24) is 4.98 Å². The topological polar surface area (TPSA) is 38.9 Å². The second kappa shape index (κ2) is 4.89. The molecule has 90 valence electrons. The van der Waals surface area contributed by atoms with E-state index in [0.717, 1.165) is 5.01 Å². The maximum atomic E-state index is 13.7. The lowest BCUT2D eigenvalue weighted by Gasteiger charge is -2.02. The van der Waals surface area contributed by atoms with Crippen molar-refractivity contribution in [3.8, 4) is 11.3 Å². The van der Waals surface area contributed by atoms with E-state index >= 15 is 0 Å². The number of aryl methyl sites for hydroxylation is 1. The minimum absolute atomic E-state index is 0.202. The number of aromatic nitrogens is 1. The summed E-state index contributed by atoms with van der Waals surface area (Å²) in [6, 6.07) is 2.37. The first-order chi connectivity index (χ1) is 8.11. The van der Waals surface area contributed by atoms with Crippen LogP contribution in [0.4, 0.5) is 8.78 Å². The van der Waals surface area contributed by atoms with Gasteiger partial charge in [0.1, 0.15) is 11.6 Å². The highest BCUT2D eigenvalue weighted by Gasteiger charge is 2.12. The fraction of sp³-hybridized carbons (Fsp3) is 0.250. The van der Waals surface area contributed by atoms with Crippen molar-refractivity contribution in [2.24, 2.45) is 5.73 Å². The predicted molar refractivity (Wildman–Crippen MR) is 65.0 cm³/mol. The molecule has 0 spiro atoms. The molecule has 0 bridgehead atoms. The normalized spacial score (nSPS) is 10.8. The highest BCUT2D eigenvalue weighted by atomic mass is 32.1. The van der Waals surface area contributed by atoms with Crippen LogP contribution < -0.4 is 5.73 Å². The van der Waals surface area contributed by atoms with Gasteiger partial charge in [-0.25, -0.2) is 13.8 Å². The molecule has 0 unspecified atom stereocenters. The van der Waals surface area contributed by atoms with Gasteiger partial charge in [0.2, 0.25) is 0 Å². The van der Waals surface area contributed by atoms with E-state index in [1.165, 1.54) is 30.4 Å². The van der Waals surface area contributed by atoms with Crippen LogP contribution in [-0.4, -0.2) is 11.5 Å². The van der Waals surface area contributed by atoms with Crippen molar-refractivity contribution in [1.29, 1.82) is 0 Å². The maximum absolute atomic E-state index is 13.7. The second-order valence-electron chi connectivity index (χ2n) is 3.75. The zero-order valence-corrected chi connectivity index (χ0v) is 10.2. The van der Waals surface area contributed by atoms with Crippen LogP contribution in [0, 0.1) is 18.6 Å². The van der Waals surface area contributed by atoms with Gasteiger partial charge in [-0.05, 0) is 31.2 Å². The Balaban J connectivity index is 2.41. The largest absolute Gasteiger partial charge is 0.330 e. The van der Waals surface area contributed by atoms with Gasteiger partial charge in [0.25, 0.3) is 0 Å². The monoisotopic (exact) mass is 254 g/mol.